The van der Waals surface area contributed by atoms with E-state index in [4.69, 9.17) is 9.84 Å². The molecule has 2 N–H and O–H groups in total. The van der Waals surface area contributed by atoms with Crippen LogP contribution in [0.25, 0.3) is 0 Å². The van der Waals surface area contributed by atoms with Gasteiger partial charge in [0.2, 0.25) is 0 Å². The van der Waals surface area contributed by atoms with E-state index in [-0.39, 0.29) is 6.04 Å². The van der Waals surface area contributed by atoms with Crippen LogP contribution in [0, 0.1) is 0 Å². The van der Waals surface area contributed by atoms with Gasteiger partial charge in [-0.25, -0.2) is 4.79 Å². The van der Waals surface area contributed by atoms with Gasteiger partial charge in [-0.2, -0.15) is 0 Å². The number of rotatable bonds is 6. The second-order valence-corrected chi connectivity index (χ2v) is 7.55. The molecule has 0 unspecified atom stereocenters. The van der Waals surface area contributed by atoms with E-state index in [0.717, 1.165) is 43.1 Å². The summed E-state index contributed by atoms with van der Waals surface area (Å²) >= 11 is 0. The molecule has 146 valence electrons. The molecule has 7 nitrogen and oxygen atoms in total. The van der Waals surface area contributed by atoms with Gasteiger partial charge in [-0.1, -0.05) is 26.0 Å². The van der Waals surface area contributed by atoms with E-state index in [2.05, 4.69) is 41.5 Å². The van der Waals surface area contributed by atoms with Gasteiger partial charge in [0.15, 0.2) is 5.82 Å². The second-order valence-electron chi connectivity index (χ2n) is 7.55. The normalized spacial score (nSPS) is 19.9. The molecule has 1 amide bonds. The van der Waals surface area contributed by atoms with Crippen LogP contribution in [-0.4, -0.2) is 32.0 Å². The fraction of sp³-hybridized carbons (Fsp3) is 0.550. The first-order chi connectivity index (χ1) is 12.9. The SMILES string of the molecule is CC(C)c1cccc(OCc2nnc(C3CCC(NC(=O)O)CC3)n2C)c1. The van der Waals surface area contributed by atoms with E-state index in [0.29, 0.717) is 18.4 Å². The number of hydrogen-bond donors (Lipinski definition) is 2. The number of aromatic nitrogens is 3. The Balaban J connectivity index is 1.59. The van der Waals surface area contributed by atoms with Crippen LogP contribution in [0.3, 0.4) is 0 Å². The highest BCUT2D eigenvalue weighted by molar-refractivity contribution is 5.64. The molecular formula is C20H28N4O3. The Morgan fingerprint density at radius 2 is 2.04 bits per heavy atom. The first-order valence-electron chi connectivity index (χ1n) is 9.54. The summed E-state index contributed by atoms with van der Waals surface area (Å²) in [5, 5.41) is 20.1. The average Bonchev–Trinajstić information content (AvgIpc) is 3.01. The molecule has 0 bridgehead atoms. The van der Waals surface area contributed by atoms with Gasteiger partial charge in [-0.05, 0) is 49.3 Å². The molecule has 1 fully saturated rings. The Morgan fingerprint density at radius 1 is 1.30 bits per heavy atom. The molecule has 27 heavy (non-hydrogen) atoms. The zero-order valence-corrected chi connectivity index (χ0v) is 16.2. The lowest BCUT2D eigenvalue weighted by Crippen LogP contribution is -2.36. The molecule has 1 aliphatic carbocycles. The lowest BCUT2D eigenvalue weighted by atomic mass is 9.85. The monoisotopic (exact) mass is 372 g/mol. The molecule has 7 heteroatoms. The fourth-order valence-corrected chi connectivity index (χ4v) is 3.64. The van der Waals surface area contributed by atoms with Crippen LogP contribution >= 0.6 is 0 Å². The minimum absolute atomic E-state index is 0.0445. The predicted octanol–water partition coefficient (Wildman–Crippen LogP) is 3.81. The van der Waals surface area contributed by atoms with Gasteiger partial charge in [0.25, 0.3) is 0 Å². The van der Waals surface area contributed by atoms with E-state index in [1.165, 1.54) is 5.56 Å². The third kappa shape index (κ3) is 4.78. The Morgan fingerprint density at radius 3 is 2.70 bits per heavy atom. The van der Waals surface area contributed by atoms with E-state index < -0.39 is 6.09 Å². The highest BCUT2D eigenvalue weighted by Crippen LogP contribution is 2.32. The van der Waals surface area contributed by atoms with E-state index in [1.54, 1.807) is 0 Å². The summed E-state index contributed by atoms with van der Waals surface area (Å²) in [6, 6.07) is 8.19. The van der Waals surface area contributed by atoms with Crippen molar-refractivity contribution in [2.24, 2.45) is 7.05 Å². The molecule has 1 heterocycles. The van der Waals surface area contributed by atoms with Crippen LogP contribution in [0.15, 0.2) is 24.3 Å². The van der Waals surface area contributed by atoms with Gasteiger partial charge in [-0.3, -0.25) is 0 Å². The average molecular weight is 372 g/mol. The molecule has 1 saturated carbocycles. The maximum absolute atomic E-state index is 10.8. The van der Waals surface area contributed by atoms with Crippen molar-refractivity contribution in [3.8, 4) is 5.75 Å². The van der Waals surface area contributed by atoms with Gasteiger partial charge >= 0.3 is 6.09 Å². The lowest BCUT2D eigenvalue weighted by molar-refractivity contribution is 0.184. The summed E-state index contributed by atoms with van der Waals surface area (Å²) < 4.78 is 7.94. The Labute approximate surface area is 159 Å². The van der Waals surface area contributed by atoms with Crippen LogP contribution < -0.4 is 10.1 Å². The van der Waals surface area contributed by atoms with Crippen molar-refractivity contribution >= 4 is 6.09 Å². The van der Waals surface area contributed by atoms with Crippen molar-refractivity contribution in [1.82, 2.24) is 20.1 Å². The number of nitrogens with one attached hydrogen (secondary N) is 1. The van der Waals surface area contributed by atoms with Crippen molar-refractivity contribution in [3.63, 3.8) is 0 Å². The lowest BCUT2D eigenvalue weighted by Gasteiger charge is -2.27. The Kier molecular flexibility index (Phi) is 5.98. The van der Waals surface area contributed by atoms with Crippen LogP contribution in [-0.2, 0) is 13.7 Å². The molecule has 0 aliphatic heterocycles. The Hall–Kier alpha value is -2.57. The molecular weight excluding hydrogens is 344 g/mol. The van der Waals surface area contributed by atoms with Crippen LogP contribution in [0.2, 0.25) is 0 Å². The number of ether oxygens (including phenoxy) is 1. The third-order valence-electron chi connectivity index (χ3n) is 5.31. The highest BCUT2D eigenvalue weighted by Gasteiger charge is 2.27. The predicted molar refractivity (Wildman–Crippen MR) is 102 cm³/mol. The van der Waals surface area contributed by atoms with E-state index >= 15 is 0 Å². The van der Waals surface area contributed by atoms with Crippen LogP contribution in [0.5, 0.6) is 5.75 Å². The number of benzene rings is 1. The summed E-state index contributed by atoms with van der Waals surface area (Å²) in [6.07, 6.45) is 2.54. The number of amides is 1. The molecule has 2 aromatic rings. The largest absolute Gasteiger partial charge is 0.486 e. The summed E-state index contributed by atoms with van der Waals surface area (Å²) in [5.74, 6) is 3.36. The standard InChI is InChI=1S/C20H28N4O3/c1-13(2)15-5-4-6-17(11-15)27-12-18-22-23-19(24(18)3)14-7-9-16(10-8-14)21-20(25)26/h4-6,11,13-14,16,21H,7-10,12H2,1-3H3,(H,25,26). The van der Waals surface area contributed by atoms with Crippen molar-refractivity contribution in [2.75, 3.05) is 0 Å². The topological polar surface area (TPSA) is 89.3 Å². The van der Waals surface area contributed by atoms with Gasteiger partial charge in [0.05, 0.1) is 0 Å². The van der Waals surface area contributed by atoms with E-state index in [1.807, 2.05) is 23.7 Å². The first-order valence-corrected chi connectivity index (χ1v) is 9.54. The van der Waals surface area contributed by atoms with Crippen molar-refractivity contribution < 1.29 is 14.6 Å². The molecule has 0 radical (unpaired) electrons. The van der Waals surface area contributed by atoms with Gasteiger partial charge in [0.1, 0.15) is 18.2 Å². The zero-order valence-electron chi connectivity index (χ0n) is 16.2. The maximum Gasteiger partial charge on any atom is 0.404 e. The van der Waals surface area contributed by atoms with Crippen LogP contribution in [0.4, 0.5) is 4.79 Å². The van der Waals surface area contributed by atoms with Crippen molar-refractivity contribution in [3.05, 3.63) is 41.5 Å². The second kappa shape index (κ2) is 8.41. The summed E-state index contributed by atoms with van der Waals surface area (Å²) in [5.41, 5.74) is 1.25. The number of carboxylic acid groups (broad SMARTS) is 1. The van der Waals surface area contributed by atoms with Gasteiger partial charge in [0, 0.05) is 19.0 Å². The summed E-state index contributed by atoms with van der Waals surface area (Å²) in [4.78, 5) is 10.8. The Bertz CT molecular complexity index is 779. The molecule has 0 saturated heterocycles. The fourth-order valence-electron chi connectivity index (χ4n) is 3.64. The molecule has 1 aromatic heterocycles. The molecule has 1 aliphatic rings. The molecule has 0 atom stereocenters. The molecule has 0 spiro atoms. The van der Waals surface area contributed by atoms with Gasteiger partial charge in [-0.15, -0.1) is 10.2 Å². The number of hydrogen-bond acceptors (Lipinski definition) is 4. The third-order valence-corrected chi connectivity index (χ3v) is 5.31. The molecule has 1 aromatic carbocycles. The molecule has 3 rings (SSSR count). The summed E-state index contributed by atoms with van der Waals surface area (Å²) in [7, 11) is 1.97. The van der Waals surface area contributed by atoms with Crippen LogP contribution in [0.1, 0.15) is 68.6 Å². The van der Waals surface area contributed by atoms with E-state index in [9.17, 15) is 4.79 Å². The minimum atomic E-state index is -0.946. The number of nitrogens with zero attached hydrogens (tertiary/aromatic N) is 3. The van der Waals surface area contributed by atoms with Crippen molar-refractivity contribution in [1.29, 1.82) is 0 Å². The summed E-state index contributed by atoms with van der Waals surface area (Å²) in [6.45, 7) is 4.70. The first kappa shape index (κ1) is 19.2. The van der Waals surface area contributed by atoms with Crippen molar-refractivity contribution in [2.45, 2.75) is 64.0 Å². The highest BCUT2D eigenvalue weighted by atomic mass is 16.5. The van der Waals surface area contributed by atoms with Gasteiger partial charge < -0.3 is 19.7 Å². The maximum atomic E-state index is 10.8. The number of carbonyl (C=O) groups is 1. The zero-order chi connectivity index (χ0) is 19.4. The quantitative estimate of drug-likeness (QED) is 0.805. The minimum Gasteiger partial charge on any atom is -0.486 e. The smallest absolute Gasteiger partial charge is 0.404 e.